The zero-order valence-electron chi connectivity index (χ0n) is 11.0. The van der Waals surface area contributed by atoms with Crippen LogP contribution in [0.4, 0.5) is 0 Å². The molecular formula is C14H22N2OS. The maximum absolute atomic E-state index is 11.7. The van der Waals surface area contributed by atoms with Crippen LogP contribution >= 0.6 is 11.3 Å². The minimum Gasteiger partial charge on any atom is -0.355 e. The molecule has 1 aromatic heterocycles. The van der Waals surface area contributed by atoms with Crippen LogP contribution in [0.5, 0.6) is 0 Å². The first-order valence-electron chi connectivity index (χ1n) is 6.79. The second kappa shape index (κ2) is 6.90. The van der Waals surface area contributed by atoms with Crippen LogP contribution < -0.4 is 5.32 Å². The van der Waals surface area contributed by atoms with Crippen LogP contribution in [0.15, 0.2) is 17.5 Å². The predicted octanol–water partition coefficient (Wildman–Crippen LogP) is 2.28. The van der Waals surface area contributed by atoms with Gasteiger partial charge < -0.3 is 5.32 Å². The van der Waals surface area contributed by atoms with Crippen LogP contribution in [0.2, 0.25) is 0 Å². The normalized spacial score (nSPS) is 17.8. The number of aryl methyl sites for hydroxylation is 1. The van der Waals surface area contributed by atoms with Crippen molar-refractivity contribution in [3.63, 3.8) is 0 Å². The lowest BCUT2D eigenvalue weighted by atomic mass is 10.2. The van der Waals surface area contributed by atoms with Gasteiger partial charge in [-0.2, -0.15) is 0 Å². The van der Waals surface area contributed by atoms with E-state index in [0.29, 0.717) is 12.5 Å². The average molecular weight is 266 g/mol. The Morgan fingerprint density at radius 3 is 2.94 bits per heavy atom. The molecule has 0 bridgehead atoms. The van der Waals surface area contributed by atoms with E-state index in [1.165, 1.54) is 30.8 Å². The van der Waals surface area contributed by atoms with Gasteiger partial charge in [0.2, 0.25) is 5.91 Å². The molecule has 1 atom stereocenters. The number of likely N-dealkylation sites (tertiary alicyclic amines) is 1. The highest BCUT2D eigenvalue weighted by Crippen LogP contribution is 2.12. The standard InChI is InChI=1S/C14H22N2OS/c1-12(16-8-2-3-9-16)11-15-14(17)7-6-13-5-4-10-18-13/h4-5,10,12H,2-3,6-9,11H2,1H3,(H,15,17). The molecule has 0 spiro atoms. The molecule has 3 nitrogen and oxygen atoms in total. The van der Waals surface area contributed by atoms with E-state index in [4.69, 9.17) is 0 Å². The van der Waals surface area contributed by atoms with E-state index in [-0.39, 0.29) is 5.91 Å². The molecule has 2 rings (SSSR count). The van der Waals surface area contributed by atoms with Gasteiger partial charge in [-0.25, -0.2) is 0 Å². The molecule has 0 radical (unpaired) electrons. The Bertz CT molecular complexity index is 358. The average Bonchev–Trinajstić information content (AvgIpc) is 3.05. The minimum atomic E-state index is 0.175. The number of hydrogen-bond donors (Lipinski definition) is 1. The lowest BCUT2D eigenvalue weighted by molar-refractivity contribution is -0.121. The van der Waals surface area contributed by atoms with E-state index in [1.54, 1.807) is 11.3 Å². The first-order valence-corrected chi connectivity index (χ1v) is 7.67. The summed E-state index contributed by atoms with van der Waals surface area (Å²) < 4.78 is 0. The molecule has 1 aromatic rings. The molecular weight excluding hydrogens is 244 g/mol. The van der Waals surface area contributed by atoms with Crippen molar-refractivity contribution in [2.45, 2.75) is 38.6 Å². The first kappa shape index (κ1) is 13.6. The smallest absolute Gasteiger partial charge is 0.220 e. The largest absolute Gasteiger partial charge is 0.355 e. The molecule has 1 unspecified atom stereocenters. The van der Waals surface area contributed by atoms with Crippen LogP contribution in [-0.2, 0) is 11.2 Å². The van der Waals surface area contributed by atoms with Crippen molar-refractivity contribution in [3.05, 3.63) is 22.4 Å². The Hall–Kier alpha value is -0.870. The molecule has 1 saturated heterocycles. The summed E-state index contributed by atoms with van der Waals surface area (Å²) in [6, 6.07) is 4.59. The number of carbonyl (C=O) groups excluding carboxylic acids is 1. The molecule has 2 heterocycles. The first-order chi connectivity index (χ1) is 8.75. The third-order valence-electron chi connectivity index (χ3n) is 3.54. The fraction of sp³-hybridized carbons (Fsp3) is 0.643. The van der Waals surface area contributed by atoms with E-state index in [1.807, 2.05) is 6.07 Å². The van der Waals surface area contributed by atoms with Crippen molar-refractivity contribution in [3.8, 4) is 0 Å². The number of hydrogen-bond acceptors (Lipinski definition) is 3. The van der Waals surface area contributed by atoms with E-state index in [0.717, 1.165) is 13.0 Å². The van der Waals surface area contributed by atoms with Gasteiger partial charge in [-0.1, -0.05) is 6.07 Å². The summed E-state index contributed by atoms with van der Waals surface area (Å²) in [5, 5.41) is 5.10. The summed E-state index contributed by atoms with van der Waals surface area (Å²) in [7, 11) is 0. The fourth-order valence-corrected chi connectivity index (χ4v) is 3.06. The maximum atomic E-state index is 11.7. The van der Waals surface area contributed by atoms with Crippen LogP contribution in [0.3, 0.4) is 0 Å². The number of carbonyl (C=O) groups is 1. The molecule has 1 N–H and O–H groups in total. The zero-order valence-corrected chi connectivity index (χ0v) is 11.8. The third kappa shape index (κ3) is 4.10. The zero-order chi connectivity index (χ0) is 12.8. The molecule has 18 heavy (non-hydrogen) atoms. The molecule has 1 fully saturated rings. The van der Waals surface area contributed by atoms with Crippen molar-refractivity contribution >= 4 is 17.2 Å². The van der Waals surface area contributed by atoms with Crippen molar-refractivity contribution in [2.75, 3.05) is 19.6 Å². The van der Waals surface area contributed by atoms with Gasteiger partial charge in [0.05, 0.1) is 0 Å². The van der Waals surface area contributed by atoms with Gasteiger partial charge in [0.25, 0.3) is 0 Å². The Kier molecular flexibility index (Phi) is 5.20. The molecule has 100 valence electrons. The second-order valence-electron chi connectivity index (χ2n) is 4.98. The van der Waals surface area contributed by atoms with Crippen LogP contribution in [0, 0.1) is 0 Å². The van der Waals surface area contributed by atoms with Gasteiger partial charge >= 0.3 is 0 Å². The van der Waals surface area contributed by atoms with E-state index < -0.39 is 0 Å². The Morgan fingerprint density at radius 1 is 1.50 bits per heavy atom. The summed E-state index contributed by atoms with van der Waals surface area (Å²) in [6.07, 6.45) is 4.07. The van der Waals surface area contributed by atoms with Gasteiger partial charge in [-0.3, -0.25) is 9.69 Å². The van der Waals surface area contributed by atoms with Crippen LogP contribution in [0.1, 0.15) is 31.1 Å². The summed E-state index contributed by atoms with van der Waals surface area (Å²) in [6.45, 7) is 5.35. The highest BCUT2D eigenvalue weighted by Gasteiger charge is 2.18. The third-order valence-corrected chi connectivity index (χ3v) is 4.47. The quantitative estimate of drug-likeness (QED) is 0.857. The summed E-state index contributed by atoms with van der Waals surface area (Å²) in [5.74, 6) is 0.175. The second-order valence-corrected chi connectivity index (χ2v) is 6.01. The van der Waals surface area contributed by atoms with Gasteiger partial charge in [-0.15, -0.1) is 11.3 Å². The highest BCUT2D eigenvalue weighted by molar-refractivity contribution is 7.09. The molecule has 0 saturated carbocycles. The molecule has 4 heteroatoms. The minimum absolute atomic E-state index is 0.175. The fourth-order valence-electron chi connectivity index (χ4n) is 2.35. The highest BCUT2D eigenvalue weighted by atomic mass is 32.1. The molecule has 1 aliphatic heterocycles. The number of nitrogens with zero attached hydrogens (tertiary/aromatic N) is 1. The Labute approximate surface area is 113 Å². The van der Waals surface area contributed by atoms with E-state index >= 15 is 0 Å². The van der Waals surface area contributed by atoms with Crippen molar-refractivity contribution in [1.82, 2.24) is 10.2 Å². The van der Waals surface area contributed by atoms with Crippen LogP contribution in [0.25, 0.3) is 0 Å². The summed E-state index contributed by atoms with van der Waals surface area (Å²) in [4.78, 5) is 15.5. The van der Waals surface area contributed by atoms with E-state index in [9.17, 15) is 4.79 Å². The lowest BCUT2D eigenvalue weighted by Gasteiger charge is -2.23. The SMILES string of the molecule is CC(CNC(=O)CCc1cccs1)N1CCCC1. The Morgan fingerprint density at radius 2 is 2.28 bits per heavy atom. The summed E-state index contributed by atoms with van der Waals surface area (Å²) in [5.41, 5.74) is 0. The monoisotopic (exact) mass is 266 g/mol. The van der Waals surface area contributed by atoms with Gasteiger partial charge in [-0.05, 0) is 50.7 Å². The lowest BCUT2D eigenvalue weighted by Crippen LogP contribution is -2.40. The van der Waals surface area contributed by atoms with Gasteiger partial charge in [0.15, 0.2) is 0 Å². The molecule has 0 aliphatic carbocycles. The van der Waals surface area contributed by atoms with Crippen LogP contribution in [-0.4, -0.2) is 36.5 Å². The van der Waals surface area contributed by atoms with Gasteiger partial charge in [0, 0.05) is 23.9 Å². The molecule has 0 aromatic carbocycles. The van der Waals surface area contributed by atoms with Crippen molar-refractivity contribution in [2.24, 2.45) is 0 Å². The molecule has 1 aliphatic rings. The predicted molar refractivity (Wildman–Crippen MR) is 75.9 cm³/mol. The molecule has 1 amide bonds. The van der Waals surface area contributed by atoms with E-state index in [2.05, 4.69) is 28.6 Å². The van der Waals surface area contributed by atoms with Gasteiger partial charge in [0.1, 0.15) is 0 Å². The van der Waals surface area contributed by atoms with Crippen molar-refractivity contribution in [1.29, 1.82) is 0 Å². The number of rotatable bonds is 6. The number of nitrogens with one attached hydrogen (secondary N) is 1. The topological polar surface area (TPSA) is 32.3 Å². The Balaban J connectivity index is 1.62. The number of amides is 1. The summed E-state index contributed by atoms with van der Waals surface area (Å²) >= 11 is 1.72. The van der Waals surface area contributed by atoms with Crippen molar-refractivity contribution < 1.29 is 4.79 Å². The maximum Gasteiger partial charge on any atom is 0.220 e. The number of thiophene rings is 1.